The number of nitrogens with one attached hydrogen (secondary N) is 3. The summed E-state index contributed by atoms with van der Waals surface area (Å²) in [4.78, 5) is 23.7. The molecular weight excluding hydrogens is 501 g/mol. The SMILES string of the molecule is Cc1ccc(S(=O)(=O)Nc2cc(C(=O)NC(C)C)ccc2N2CCNCC2)cc1.O=C(O)C(F)(F)F. The molecule has 0 aromatic heterocycles. The fourth-order valence-electron chi connectivity index (χ4n) is 3.21. The molecule has 0 saturated carbocycles. The number of carbonyl (C=O) groups excluding carboxylic acids is 1. The molecule has 0 aliphatic carbocycles. The summed E-state index contributed by atoms with van der Waals surface area (Å²) in [5.41, 5.74) is 2.57. The van der Waals surface area contributed by atoms with Gasteiger partial charge in [-0.25, -0.2) is 13.2 Å². The Morgan fingerprint density at radius 2 is 1.61 bits per heavy atom. The van der Waals surface area contributed by atoms with Crippen molar-refractivity contribution in [3.63, 3.8) is 0 Å². The fourth-order valence-corrected chi connectivity index (χ4v) is 4.27. The monoisotopic (exact) mass is 530 g/mol. The molecule has 9 nitrogen and oxygen atoms in total. The molecule has 36 heavy (non-hydrogen) atoms. The maximum absolute atomic E-state index is 13.0. The molecule has 1 aliphatic heterocycles. The molecule has 2 aromatic carbocycles. The molecule has 0 atom stereocenters. The van der Waals surface area contributed by atoms with Crippen molar-refractivity contribution < 1.29 is 36.3 Å². The number of carbonyl (C=O) groups is 2. The maximum atomic E-state index is 13.0. The van der Waals surface area contributed by atoms with Crippen molar-refractivity contribution in [1.29, 1.82) is 0 Å². The van der Waals surface area contributed by atoms with Crippen LogP contribution in [-0.2, 0) is 14.8 Å². The number of hydrogen-bond acceptors (Lipinski definition) is 6. The largest absolute Gasteiger partial charge is 0.490 e. The predicted octanol–water partition coefficient (Wildman–Crippen LogP) is 2.98. The summed E-state index contributed by atoms with van der Waals surface area (Å²) >= 11 is 0. The van der Waals surface area contributed by atoms with Gasteiger partial charge in [0.25, 0.3) is 15.9 Å². The lowest BCUT2D eigenvalue weighted by molar-refractivity contribution is -0.192. The number of carboxylic acids is 1. The minimum atomic E-state index is -5.08. The van der Waals surface area contributed by atoms with E-state index in [1.54, 1.807) is 36.4 Å². The van der Waals surface area contributed by atoms with Crippen LogP contribution in [0.3, 0.4) is 0 Å². The quantitative estimate of drug-likeness (QED) is 0.452. The van der Waals surface area contributed by atoms with Gasteiger partial charge in [0, 0.05) is 37.8 Å². The van der Waals surface area contributed by atoms with Crippen LogP contribution in [0.15, 0.2) is 47.4 Å². The van der Waals surface area contributed by atoms with E-state index in [0.29, 0.717) is 11.3 Å². The van der Waals surface area contributed by atoms with Crippen molar-refractivity contribution in [2.24, 2.45) is 0 Å². The lowest BCUT2D eigenvalue weighted by Gasteiger charge is -2.31. The van der Waals surface area contributed by atoms with Gasteiger partial charge in [0.1, 0.15) is 0 Å². The van der Waals surface area contributed by atoms with Crippen molar-refractivity contribution >= 4 is 33.3 Å². The third kappa shape index (κ3) is 8.41. The number of aryl methyl sites for hydroxylation is 1. The van der Waals surface area contributed by atoms with Crippen molar-refractivity contribution in [2.45, 2.75) is 37.9 Å². The number of alkyl halides is 3. The Bertz CT molecular complexity index is 1160. The molecule has 1 fully saturated rings. The first-order chi connectivity index (χ1) is 16.7. The Hall–Kier alpha value is -3.32. The van der Waals surface area contributed by atoms with E-state index < -0.39 is 22.2 Å². The van der Waals surface area contributed by atoms with Gasteiger partial charge in [-0.1, -0.05) is 17.7 Å². The van der Waals surface area contributed by atoms with Crippen LogP contribution >= 0.6 is 0 Å². The van der Waals surface area contributed by atoms with Crippen LogP contribution in [0.25, 0.3) is 0 Å². The summed E-state index contributed by atoms with van der Waals surface area (Å²) in [6, 6.07) is 11.8. The number of benzene rings is 2. The Kier molecular flexibility index (Phi) is 9.70. The first-order valence-electron chi connectivity index (χ1n) is 11.0. The van der Waals surface area contributed by atoms with Gasteiger partial charge in [-0.05, 0) is 51.1 Å². The second kappa shape index (κ2) is 12.1. The van der Waals surface area contributed by atoms with Crippen LogP contribution in [0.2, 0.25) is 0 Å². The van der Waals surface area contributed by atoms with Crippen molar-refractivity contribution in [1.82, 2.24) is 10.6 Å². The third-order valence-electron chi connectivity index (χ3n) is 4.95. The number of sulfonamides is 1. The number of halogens is 3. The number of amides is 1. The van der Waals surface area contributed by atoms with E-state index in [4.69, 9.17) is 9.90 Å². The van der Waals surface area contributed by atoms with Crippen molar-refractivity contribution in [2.75, 3.05) is 35.8 Å². The van der Waals surface area contributed by atoms with Gasteiger partial charge in [-0.15, -0.1) is 0 Å². The molecule has 3 rings (SSSR count). The van der Waals surface area contributed by atoms with Crippen LogP contribution in [0, 0.1) is 6.92 Å². The predicted molar refractivity (Wildman–Crippen MR) is 130 cm³/mol. The molecule has 1 amide bonds. The van der Waals surface area contributed by atoms with Gasteiger partial charge >= 0.3 is 12.1 Å². The molecule has 1 saturated heterocycles. The average molecular weight is 531 g/mol. The number of rotatable bonds is 6. The summed E-state index contributed by atoms with van der Waals surface area (Å²) in [5.74, 6) is -2.99. The van der Waals surface area contributed by atoms with E-state index in [9.17, 15) is 26.4 Å². The standard InChI is InChI=1S/C21H28N4O3S.C2HF3O2/c1-15(2)23-21(26)17-6-9-20(25-12-10-22-11-13-25)19(14-17)24-29(27,28)18-7-4-16(3)5-8-18;3-2(4,5)1(6)7/h4-9,14-15,22,24H,10-13H2,1-3H3,(H,23,26);(H,6,7). The lowest BCUT2D eigenvalue weighted by Crippen LogP contribution is -2.43. The summed E-state index contributed by atoms with van der Waals surface area (Å²) in [6.07, 6.45) is -5.08. The Morgan fingerprint density at radius 3 is 2.11 bits per heavy atom. The highest BCUT2D eigenvalue weighted by Crippen LogP contribution is 2.30. The molecular formula is C23H29F3N4O5S. The van der Waals surface area contributed by atoms with Gasteiger partial charge < -0.3 is 20.6 Å². The molecule has 13 heteroatoms. The minimum Gasteiger partial charge on any atom is -0.475 e. The third-order valence-corrected chi connectivity index (χ3v) is 6.34. The zero-order chi connectivity index (χ0) is 27.1. The first-order valence-corrected chi connectivity index (χ1v) is 12.5. The first kappa shape index (κ1) is 28.9. The van der Waals surface area contributed by atoms with Gasteiger partial charge in [-0.3, -0.25) is 9.52 Å². The van der Waals surface area contributed by atoms with Crippen LogP contribution < -0.4 is 20.3 Å². The van der Waals surface area contributed by atoms with Gasteiger partial charge in [0.05, 0.1) is 16.3 Å². The molecule has 198 valence electrons. The number of nitrogens with zero attached hydrogens (tertiary/aromatic N) is 1. The van der Waals surface area contributed by atoms with E-state index in [-0.39, 0.29) is 16.8 Å². The van der Waals surface area contributed by atoms with Crippen molar-refractivity contribution in [3.8, 4) is 0 Å². The summed E-state index contributed by atoms with van der Waals surface area (Å²) in [5, 5.41) is 13.3. The molecule has 1 aliphatic rings. The topological polar surface area (TPSA) is 128 Å². The summed E-state index contributed by atoms with van der Waals surface area (Å²) < 4.78 is 60.4. The Morgan fingerprint density at radius 1 is 1.06 bits per heavy atom. The number of aliphatic carboxylic acids is 1. The highest BCUT2D eigenvalue weighted by atomic mass is 32.2. The average Bonchev–Trinajstić information content (AvgIpc) is 2.79. The fraction of sp³-hybridized carbons (Fsp3) is 0.391. The van der Waals surface area contributed by atoms with E-state index in [0.717, 1.165) is 37.4 Å². The number of piperazine rings is 1. The molecule has 1 heterocycles. The normalized spacial score (nSPS) is 14.0. The van der Waals surface area contributed by atoms with Gasteiger partial charge in [0.2, 0.25) is 0 Å². The summed E-state index contributed by atoms with van der Waals surface area (Å²) in [6.45, 7) is 8.83. The van der Waals surface area contributed by atoms with Crippen molar-refractivity contribution in [3.05, 3.63) is 53.6 Å². The molecule has 4 N–H and O–H groups in total. The highest BCUT2D eigenvalue weighted by molar-refractivity contribution is 7.92. The zero-order valence-electron chi connectivity index (χ0n) is 20.0. The van der Waals surface area contributed by atoms with E-state index >= 15 is 0 Å². The lowest BCUT2D eigenvalue weighted by atomic mass is 10.1. The van der Waals surface area contributed by atoms with E-state index in [1.165, 1.54) is 0 Å². The van der Waals surface area contributed by atoms with Crippen LogP contribution in [0.4, 0.5) is 24.5 Å². The van der Waals surface area contributed by atoms with E-state index in [1.807, 2.05) is 26.8 Å². The molecule has 0 unspecified atom stereocenters. The minimum absolute atomic E-state index is 0.0111. The number of carboxylic acid groups (broad SMARTS) is 1. The smallest absolute Gasteiger partial charge is 0.475 e. The second-order valence-corrected chi connectivity index (χ2v) is 10.0. The van der Waals surface area contributed by atoms with Crippen LogP contribution in [0.1, 0.15) is 29.8 Å². The maximum Gasteiger partial charge on any atom is 0.490 e. The number of anilines is 2. The summed E-state index contributed by atoms with van der Waals surface area (Å²) in [7, 11) is -3.78. The Labute approximate surface area is 207 Å². The molecule has 0 bridgehead atoms. The van der Waals surface area contributed by atoms with Crippen LogP contribution in [0.5, 0.6) is 0 Å². The number of hydrogen-bond donors (Lipinski definition) is 4. The zero-order valence-corrected chi connectivity index (χ0v) is 20.8. The van der Waals surface area contributed by atoms with Gasteiger partial charge in [-0.2, -0.15) is 13.2 Å². The molecule has 2 aromatic rings. The molecule has 0 spiro atoms. The molecule has 0 radical (unpaired) electrons. The highest BCUT2D eigenvalue weighted by Gasteiger charge is 2.38. The second-order valence-electron chi connectivity index (χ2n) is 8.32. The Balaban J connectivity index is 0.000000572. The van der Waals surface area contributed by atoms with E-state index in [2.05, 4.69) is 20.3 Å². The van der Waals surface area contributed by atoms with Crippen LogP contribution in [-0.4, -0.2) is 63.8 Å². The van der Waals surface area contributed by atoms with Gasteiger partial charge in [0.15, 0.2) is 0 Å².